The molecule has 6 heteroatoms. The maximum absolute atomic E-state index is 12.4. The van der Waals surface area contributed by atoms with E-state index in [4.69, 9.17) is 10.2 Å². The van der Waals surface area contributed by atoms with Gasteiger partial charge >= 0.3 is 5.97 Å². The largest absolute Gasteiger partial charge is 0.478 e. The Morgan fingerprint density at radius 3 is 2.56 bits per heavy atom. The minimum Gasteiger partial charge on any atom is -0.478 e. The fourth-order valence-corrected chi connectivity index (χ4v) is 1.70. The van der Waals surface area contributed by atoms with Gasteiger partial charge in [-0.25, -0.2) is 13.6 Å². The van der Waals surface area contributed by atoms with Gasteiger partial charge in [-0.3, -0.25) is 0 Å². The monoisotopic (exact) mass is 259 g/mol. The number of anilines is 1. The molecular formula is C12H15F2NO3. The SMILES string of the molecule is Cc1cc(N(CCO)CC(F)F)ccc1C(=O)O. The Kier molecular flexibility index (Phi) is 5.03. The highest BCUT2D eigenvalue weighted by atomic mass is 19.3. The van der Waals surface area contributed by atoms with Crippen molar-refractivity contribution in [3.8, 4) is 0 Å². The second-order valence-electron chi connectivity index (χ2n) is 3.87. The lowest BCUT2D eigenvalue weighted by atomic mass is 10.1. The number of halogens is 2. The van der Waals surface area contributed by atoms with Gasteiger partial charge in [-0.1, -0.05) is 0 Å². The van der Waals surface area contributed by atoms with Gasteiger partial charge < -0.3 is 15.1 Å². The number of hydrogen-bond acceptors (Lipinski definition) is 3. The summed E-state index contributed by atoms with van der Waals surface area (Å²) in [5, 5.41) is 17.7. The summed E-state index contributed by atoms with van der Waals surface area (Å²) in [5.74, 6) is -1.05. The first kappa shape index (κ1) is 14.4. The molecule has 0 fully saturated rings. The van der Waals surface area contributed by atoms with Gasteiger partial charge in [0.1, 0.15) is 0 Å². The lowest BCUT2D eigenvalue weighted by Crippen LogP contribution is -2.31. The Balaban J connectivity index is 2.98. The smallest absolute Gasteiger partial charge is 0.335 e. The number of aliphatic hydroxyl groups excluding tert-OH is 1. The minimum absolute atomic E-state index is 0.0796. The molecule has 0 aromatic heterocycles. The van der Waals surface area contributed by atoms with Crippen LogP contribution in [-0.2, 0) is 0 Å². The molecule has 0 radical (unpaired) electrons. The molecule has 0 unspecified atom stereocenters. The highest BCUT2D eigenvalue weighted by Crippen LogP contribution is 2.20. The molecular weight excluding hydrogens is 244 g/mol. The number of carbonyl (C=O) groups is 1. The lowest BCUT2D eigenvalue weighted by molar-refractivity contribution is 0.0696. The fraction of sp³-hybridized carbons (Fsp3) is 0.417. The average molecular weight is 259 g/mol. The van der Waals surface area contributed by atoms with Gasteiger partial charge in [0.2, 0.25) is 0 Å². The lowest BCUT2D eigenvalue weighted by Gasteiger charge is -2.24. The normalized spacial score (nSPS) is 10.7. The third-order valence-corrected chi connectivity index (χ3v) is 2.53. The number of aliphatic hydroxyl groups is 1. The van der Waals surface area contributed by atoms with E-state index in [1.165, 1.54) is 23.1 Å². The Bertz CT molecular complexity index is 424. The molecule has 0 bridgehead atoms. The van der Waals surface area contributed by atoms with E-state index in [0.717, 1.165) is 0 Å². The topological polar surface area (TPSA) is 60.8 Å². The van der Waals surface area contributed by atoms with E-state index in [1.807, 2.05) is 0 Å². The van der Waals surface area contributed by atoms with Crippen molar-refractivity contribution in [3.63, 3.8) is 0 Å². The summed E-state index contributed by atoms with van der Waals surface area (Å²) in [6, 6.07) is 4.37. The first-order chi connectivity index (χ1) is 8.45. The highest BCUT2D eigenvalue weighted by Gasteiger charge is 2.14. The van der Waals surface area contributed by atoms with E-state index in [1.54, 1.807) is 6.92 Å². The first-order valence-electron chi connectivity index (χ1n) is 5.43. The van der Waals surface area contributed by atoms with Crippen molar-refractivity contribution < 1.29 is 23.8 Å². The Morgan fingerprint density at radius 2 is 2.11 bits per heavy atom. The molecule has 18 heavy (non-hydrogen) atoms. The number of hydrogen-bond donors (Lipinski definition) is 2. The zero-order valence-electron chi connectivity index (χ0n) is 9.94. The van der Waals surface area contributed by atoms with E-state index in [2.05, 4.69) is 0 Å². The van der Waals surface area contributed by atoms with Gasteiger partial charge in [-0.2, -0.15) is 0 Å². The molecule has 0 amide bonds. The molecule has 2 N–H and O–H groups in total. The predicted octanol–water partition coefficient (Wildman–Crippen LogP) is 1.76. The number of rotatable bonds is 6. The molecule has 1 aromatic carbocycles. The van der Waals surface area contributed by atoms with Crippen LogP contribution < -0.4 is 4.90 Å². The molecule has 4 nitrogen and oxygen atoms in total. The van der Waals surface area contributed by atoms with E-state index >= 15 is 0 Å². The summed E-state index contributed by atoms with van der Waals surface area (Å²) in [6.07, 6.45) is -2.52. The Labute approximate surface area is 103 Å². The van der Waals surface area contributed by atoms with Crippen LogP contribution in [0.5, 0.6) is 0 Å². The zero-order chi connectivity index (χ0) is 13.7. The number of nitrogens with zero attached hydrogens (tertiary/aromatic N) is 1. The molecule has 1 rings (SSSR count). The summed E-state index contributed by atoms with van der Waals surface area (Å²) < 4.78 is 24.8. The van der Waals surface area contributed by atoms with Crippen LogP contribution in [0.4, 0.5) is 14.5 Å². The molecule has 100 valence electrons. The number of alkyl halides is 2. The quantitative estimate of drug-likeness (QED) is 0.817. The number of aromatic carboxylic acids is 1. The van der Waals surface area contributed by atoms with Crippen LogP contribution in [0.1, 0.15) is 15.9 Å². The van der Waals surface area contributed by atoms with Crippen molar-refractivity contribution >= 4 is 11.7 Å². The fourth-order valence-electron chi connectivity index (χ4n) is 1.70. The molecule has 0 atom stereocenters. The van der Waals surface area contributed by atoms with E-state index in [0.29, 0.717) is 11.3 Å². The van der Waals surface area contributed by atoms with Crippen molar-refractivity contribution in [2.45, 2.75) is 13.3 Å². The summed E-state index contributed by atoms with van der Waals surface area (Å²) in [5.41, 5.74) is 1.11. The second kappa shape index (κ2) is 6.30. The Hall–Kier alpha value is -1.69. The third-order valence-electron chi connectivity index (χ3n) is 2.53. The summed E-state index contributed by atoms with van der Waals surface area (Å²) >= 11 is 0. The van der Waals surface area contributed by atoms with Crippen LogP contribution in [0.3, 0.4) is 0 Å². The van der Waals surface area contributed by atoms with E-state index < -0.39 is 18.9 Å². The van der Waals surface area contributed by atoms with E-state index in [-0.39, 0.29) is 18.7 Å². The minimum atomic E-state index is -2.52. The maximum atomic E-state index is 12.4. The van der Waals surface area contributed by atoms with Gasteiger partial charge in [0.25, 0.3) is 6.43 Å². The average Bonchev–Trinajstić information content (AvgIpc) is 2.27. The molecule has 0 heterocycles. The van der Waals surface area contributed by atoms with Gasteiger partial charge in [0.15, 0.2) is 0 Å². The van der Waals surface area contributed by atoms with Crippen LogP contribution >= 0.6 is 0 Å². The molecule has 0 aliphatic carbocycles. The predicted molar refractivity (Wildman–Crippen MR) is 63.4 cm³/mol. The number of benzene rings is 1. The van der Waals surface area contributed by atoms with Crippen molar-refractivity contribution in [2.24, 2.45) is 0 Å². The maximum Gasteiger partial charge on any atom is 0.335 e. The van der Waals surface area contributed by atoms with Crippen molar-refractivity contribution in [2.75, 3.05) is 24.6 Å². The molecule has 0 spiro atoms. The highest BCUT2D eigenvalue weighted by molar-refractivity contribution is 5.89. The van der Waals surface area contributed by atoms with Gasteiger partial charge in [0.05, 0.1) is 18.7 Å². The first-order valence-corrected chi connectivity index (χ1v) is 5.43. The summed E-state index contributed by atoms with van der Waals surface area (Å²) in [6.45, 7) is 0.946. The summed E-state index contributed by atoms with van der Waals surface area (Å²) in [7, 11) is 0. The molecule has 0 aliphatic heterocycles. The third kappa shape index (κ3) is 3.66. The van der Waals surface area contributed by atoms with E-state index in [9.17, 15) is 13.6 Å². The molecule has 0 aliphatic rings. The second-order valence-corrected chi connectivity index (χ2v) is 3.87. The van der Waals surface area contributed by atoms with Crippen LogP contribution in [0, 0.1) is 6.92 Å². The summed E-state index contributed by atoms with van der Waals surface area (Å²) in [4.78, 5) is 12.2. The molecule has 1 aromatic rings. The van der Waals surface area contributed by atoms with Crippen LogP contribution in [-0.4, -0.2) is 42.3 Å². The number of carboxylic acids is 1. The molecule has 0 saturated carbocycles. The van der Waals surface area contributed by atoms with Crippen LogP contribution in [0.15, 0.2) is 18.2 Å². The van der Waals surface area contributed by atoms with Crippen LogP contribution in [0.2, 0.25) is 0 Å². The van der Waals surface area contributed by atoms with Crippen molar-refractivity contribution in [1.29, 1.82) is 0 Å². The number of carboxylic acid groups (broad SMARTS) is 1. The van der Waals surface area contributed by atoms with Crippen molar-refractivity contribution in [3.05, 3.63) is 29.3 Å². The molecule has 0 saturated heterocycles. The number of aryl methyl sites for hydroxylation is 1. The zero-order valence-corrected chi connectivity index (χ0v) is 9.94. The van der Waals surface area contributed by atoms with Gasteiger partial charge in [-0.05, 0) is 30.7 Å². The van der Waals surface area contributed by atoms with Crippen LogP contribution in [0.25, 0.3) is 0 Å². The Morgan fingerprint density at radius 1 is 1.44 bits per heavy atom. The standard InChI is InChI=1S/C12H15F2NO3/c1-8-6-9(2-3-10(8)12(17)18)15(4-5-16)7-11(13)14/h2-3,6,11,16H,4-5,7H2,1H3,(H,17,18). The van der Waals surface area contributed by atoms with Gasteiger partial charge in [0, 0.05) is 12.2 Å². The van der Waals surface area contributed by atoms with Gasteiger partial charge in [-0.15, -0.1) is 0 Å². The van der Waals surface area contributed by atoms with Crippen molar-refractivity contribution in [1.82, 2.24) is 0 Å².